The first-order chi connectivity index (χ1) is 8.38. The standard InChI is InChI=1S/C11H9F4NO2/c12-8-3-6(11(13,14)15)1-2-7(8)9-4-16-10(17)5-18-9/h1-3,9H,4-5H2,(H,16,17). The Balaban J connectivity index is 2.22. The third kappa shape index (κ3) is 2.61. The molecule has 0 radical (unpaired) electrons. The van der Waals surface area contributed by atoms with E-state index in [0.29, 0.717) is 6.07 Å². The molecule has 1 N–H and O–H groups in total. The third-order valence-corrected chi connectivity index (χ3v) is 2.57. The Labute approximate surface area is 99.7 Å². The molecule has 1 aliphatic heterocycles. The van der Waals surface area contributed by atoms with Crippen LogP contribution >= 0.6 is 0 Å². The van der Waals surface area contributed by atoms with Gasteiger partial charge in [0.2, 0.25) is 5.91 Å². The monoisotopic (exact) mass is 263 g/mol. The summed E-state index contributed by atoms with van der Waals surface area (Å²) in [7, 11) is 0. The highest BCUT2D eigenvalue weighted by atomic mass is 19.4. The summed E-state index contributed by atoms with van der Waals surface area (Å²) in [6, 6.07) is 2.24. The second-order valence-corrected chi connectivity index (χ2v) is 3.84. The lowest BCUT2D eigenvalue weighted by Gasteiger charge is -2.24. The Morgan fingerprint density at radius 3 is 2.56 bits per heavy atom. The Kier molecular flexibility index (Phi) is 3.25. The van der Waals surface area contributed by atoms with Crippen LogP contribution in [0.15, 0.2) is 18.2 Å². The molecule has 1 atom stereocenters. The minimum absolute atomic E-state index is 0.00278. The van der Waals surface area contributed by atoms with Crippen molar-refractivity contribution in [3.05, 3.63) is 35.1 Å². The molecular weight excluding hydrogens is 254 g/mol. The normalized spacial score (nSPS) is 20.7. The molecule has 98 valence electrons. The third-order valence-electron chi connectivity index (χ3n) is 2.57. The summed E-state index contributed by atoms with van der Waals surface area (Å²) in [6.07, 6.45) is -5.34. The maximum absolute atomic E-state index is 13.6. The van der Waals surface area contributed by atoms with Crippen molar-refractivity contribution in [2.24, 2.45) is 0 Å². The zero-order chi connectivity index (χ0) is 13.3. The minimum Gasteiger partial charge on any atom is -0.362 e. The highest BCUT2D eigenvalue weighted by molar-refractivity contribution is 5.77. The van der Waals surface area contributed by atoms with E-state index in [9.17, 15) is 22.4 Å². The van der Waals surface area contributed by atoms with Crippen molar-refractivity contribution in [2.45, 2.75) is 12.3 Å². The van der Waals surface area contributed by atoms with Crippen LogP contribution in [-0.4, -0.2) is 19.1 Å². The van der Waals surface area contributed by atoms with Crippen LogP contribution in [-0.2, 0) is 15.7 Å². The molecule has 3 nitrogen and oxygen atoms in total. The van der Waals surface area contributed by atoms with Crippen molar-refractivity contribution in [3.8, 4) is 0 Å². The Hall–Kier alpha value is -1.63. The average molecular weight is 263 g/mol. The summed E-state index contributed by atoms with van der Waals surface area (Å²) < 4.78 is 55.6. The Morgan fingerprint density at radius 1 is 1.33 bits per heavy atom. The van der Waals surface area contributed by atoms with Gasteiger partial charge in [-0.25, -0.2) is 4.39 Å². The van der Waals surface area contributed by atoms with Gasteiger partial charge in [0.1, 0.15) is 18.5 Å². The smallest absolute Gasteiger partial charge is 0.362 e. The second kappa shape index (κ2) is 4.56. The number of nitrogens with one attached hydrogen (secondary N) is 1. The van der Waals surface area contributed by atoms with E-state index in [1.807, 2.05) is 0 Å². The van der Waals surface area contributed by atoms with E-state index in [2.05, 4.69) is 5.32 Å². The van der Waals surface area contributed by atoms with Crippen LogP contribution in [0.4, 0.5) is 17.6 Å². The van der Waals surface area contributed by atoms with Crippen molar-refractivity contribution in [3.63, 3.8) is 0 Å². The average Bonchev–Trinajstić information content (AvgIpc) is 2.29. The molecule has 1 unspecified atom stereocenters. The summed E-state index contributed by atoms with van der Waals surface area (Å²) in [6.45, 7) is -0.188. The number of carbonyl (C=O) groups excluding carboxylic acids is 1. The van der Waals surface area contributed by atoms with Crippen molar-refractivity contribution < 1.29 is 27.1 Å². The van der Waals surface area contributed by atoms with Crippen LogP contribution in [0.1, 0.15) is 17.2 Å². The van der Waals surface area contributed by atoms with Gasteiger partial charge >= 0.3 is 6.18 Å². The van der Waals surface area contributed by atoms with Gasteiger partial charge in [-0.2, -0.15) is 13.2 Å². The van der Waals surface area contributed by atoms with E-state index < -0.39 is 23.7 Å². The highest BCUT2D eigenvalue weighted by Crippen LogP contribution is 2.32. The molecular formula is C11H9F4NO2. The van der Waals surface area contributed by atoms with E-state index in [1.165, 1.54) is 0 Å². The fourth-order valence-corrected chi connectivity index (χ4v) is 1.66. The molecule has 1 saturated heterocycles. The molecule has 18 heavy (non-hydrogen) atoms. The molecule has 1 fully saturated rings. The van der Waals surface area contributed by atoms with E-state index in [4.69, 9.17) is 4.74 Å². The van der Waals surface area contributed by atoms with Crippen molar-refractivity contribution in [1.82, 2.24) is 5.32 Å². The number of morpholine rings is 1. The zero-order valence-electron chi connectivity index (χ0n) is 9.05. The predicted octanol–water partition coefficient (Wildman–Crippen LogP) is 2.03. The van der Waals surface area contributed by atoms with Crippen LogP contribution in [0.3, 0.4) is 0 Å². The molecule has 0 bridgehead atoms. The molecule has 1 aromatic carbocycles. The lowest BCUT2D eigenvalue weighted by molar-refractivity contribution is -0.137. The summed E-state index contributed by atoms with van der Waals surface area (Å²) in [5.41, 5.74) is -1.05. The van der Waals surface area contributed by atoms with Crippen LogP contribution in [0, 0.1) is 5.82 Å². The summed E-state index contributed by atoms with van der Waals surface area (Å²) in [5.74, 6) is -1.33. The fourth-order valence-electron chi connectivity index (χ4n) is 1.66. The predicted molar refractivity (Wildman–Crippen MR) is 53.1 cm³/mol. The van der Waals surface area contributed by atoms with Crippen molar-refractivity contribution in [1.29, 1.82) is 0 Å². The van der Waals surface area contributed by atoms with Gasteiger partial charge in [0, 0.05) is 12.1 Å². The molecule has 7 heteroatoms. The number of rotatable bonds is 1. The maximum Gasteiger partial charge on any atom is 0.416 e. The first-order valence-electron chi connectivity index (χ1n) is 5.13. The van der Waals surface area contributed by atoms with Crippen LogP contribution < -0.4 is 5.32 Å². The van der Waals surface area contributed by atoms with Gasteiger partial charge in [-0.1, -0.05) is 6.07 Å². The van der Waals surface area contributed by atoms with E-state index in [-0.39, 0.29) is 24.6 Å². The number of ether oxygens (including phenoxy) is 1. The van der Waals surface area contributed by atoms with E-state index >= 15 is 0 Å². The molecule has 0 saturated carbocycles. The number of hydrogen-bond acceptors (Lipinski definition) is 2. The van der Waals surface area contributed by atoms with Gasteiger partial charge in [-0.05, 0) is 12.1 Å². The first-order valence-corrected chi connectivity index (χ1v) is 5.13. The Morgan fingerprint density at radius 2 is 2.06 bits per heavy atom. The van der Waals surface area contributed by atoms with Gasteiger partial charge in [0.15, 0.2) is 0 Å². The van der Waals surface area contributed by atoms with E-state index in [1.54, 1.807) is 0 Å². The Bertz CT molecular complexity index is 463. The highest BCUT2D eigenvalue weighted by Gasteiger charge is 2.32. The van der Waals surface area contributed by atoms with Crippen LogP contribution in [0.2, 0.25) is 0 Å². The molecule has 1 heterocycles. The van der Waals surface area contributed by atoms with Crippen LogP contribution in [0.25, 0.3) is 0 Å². The van der Waals surface area contributed by atoms with Crippen molar-refractivity contribution >= 4 is 5.91 Å². The molecule has 2 rings (SSSR count). The zero-order valence-corrected chi connectivity index (χ0v) is 9.05. The summed E-state index contributed by atoms with van der Waals surface area (Å²) in [5, 5.41) is 2.45. The number of halogens is 4. The largest absolute Gasteiger partial charge is 0.416 e. The maximum atomic E-state index is 13.6. The quantitative estimate of drug-likeness (QED) is 0.787. The molecule has 0 aliphatic carbocycles. The molecule has 0 aromatic heterocycles. The number of benzene rings is 1. The van der Waals surface area contributed by atoms with Gasteiger partial charge in [-0.3, -0.25) is 4.79 Å². The summed E-state index contributed by atoms with van der Waals surface area (Å²) >= 11 is 0. The number of amides is 1. The van der Waals surface area contributed by atoms with Gasteiger partial charge in [-0.15, -0.1) is 0 Å². The molecule has 0 spiro atoms. The van der Waals surface area contributed by atoms with Gasteiger partial charge < -0.3 is 10.1 Å². The molecule has 1 amide bonds. The number of alkyl halides is 3. The fraction of sp³-hybridized carbons (Fsp3) is 0.364. The van der Waals surface area contributed by atoms with Crippen molar-refractivity contribution in [2.75, 3.05) is 13.2 Å². The number of hydrogen-bond donors (Lipinski definition) is 1. The molecule has 1 aromatic rings. The first kappa shape index (κ1) is 12.8. The lowest BCUT2D eigenvalue weighted by atomic mass is 10.0. The van der Waals surface area contributed by atoms with E-state index in [0.717, 1.165) is 12.1 Å². The van der Waals surface area contributed by atoms with Gasteiger partial charge in [0.25, 0.3) is 0 Å². The lowest BCUT2D eigenvalue weighted by Crippen LogP contribution is -2.39. The number of carbonyl (C=O) groups is 1. The SMILES string of the molecule is O=C1COC(c2ccc(C(F)(F)F)cc2F)CN1. The van der Waals surface area contributed by atoms with Gasteiger partial charge in [0.05, 0.1) is 5.56 Å². The molecule has 1 aliphatic rings. The minimum atomic E-state index is -4.58. The topological polar surface area (TPSA) is 38.3 Å². The second-order valence-electron chi connectivity index (χ2n) is 3.84. The summed E-state index contributed by atoms with van der Waals surface area (Å²) in [4.78, 5) is 10.8. The van der Waals surface area contributed by atoms with Crippen LogP contribution in [0.5, 0.6) is 0 Å².